The highest BCUT2D eigenvalue weighted by atomic mass is 16.3. The predicted molar refractivity (Wildman–Crippen MR) is 88.3 cm³/mol. The van der Waals surface area contributed by atoms with Gasteiger partial charge in [-0.1, -0.05) is 6.07 Å². The first kappa shape index (κ1) is 14.4. The van der Waals surface area contributed by atoms with Crippen molar-refractivity contribution < 1.29 is 4.42 Å². The first-order valence-corrected chi connectivity index (χ1v) is 7.47. The number of aryl methyl sites for hydroxylation is 2. The summed E-state index contributed by atoms with van der Waals surface area (Å²) in [5, 5.41) is 0.465. The summed E-state index contributed by atoms with van der Waals surface area (Å²) < 4.78 is 8.36. The van der Waals surface area contributed by atoms with Crippen LogP contribution in [0, 0.1) is 13.8 Å². The van der Waals surface area contributed by atoms with E-state index in [-0.39, 0.29) is 17.7 Å². The molecule has 0 amide bonds. The smallest absolute Gasteiger partial charge is 0.265 e. The standard InChI is InChI=1S/C17H14N4O3/c1-10-11(2)24-16-15(10)17(23)20(9-18-16)8-12-7-14(22)21-6-4-3-5-13(21)19-12/h3-7,9H,8H2,1-2H3. The molecule has 24 heavy (non-hydrogen) atoms. The maximum Gasteiger partial charge on any atom is 0.265 e. The highest BCUT2D eigenvalue weighted by Crippen LogP contribution is 2.19. The largest absolute Gasteiger partial charge is 0.443 e. The summed E-state index contributed by atoms with van der Waals surface area (Å²) in [5.74, 6) is 0.675. The van der Waals surface area contributed by atoms with E-state index in [1.807, 2.05) is 13.0 Å². The SMILES string of the molecule is Cc1oc2ncn(Cc3cc(=O)n4ccccc4n3)c(=O)c2c1C. The number of furan rings is 1. The molecule has 7 heteroatoms. The maximum atomic E-state index is 12.7. The van der Waals surface area contributed by atoms with Crippen LogP contribution in [0.4, 0.5) is 0 Å². The van der Waals surface area contributed by atoms with Crippen molar-refractivity contribution in [2.45, 2.75) is 20.4 Å². The summed E-state index contributed by atoms with van der Waals surface area (Å²) in [4.78, 5) is 33.4. The monoisotopic (exact) mass is 322 g/mol. The lowest BCUT2D eigenvalue weighted by molar-refractivity contribution is 0.561. The zero-order chi connectivity index (χ0) is 16.8. The van der Waals surface area contributed by atoms with Crippen LogP contribution in [0.1, 0.15) is 17.0 Å². The minimum atomic E-state index is -0.204. The number of aromatic nitrogens is 4. The van der Waals surface area contributed by atoms with E-state index in [2.05, 4.69) is 9.97 Å². The Balaban J connectivity index is 1.85. The minimum Gasteiger partial charge on any atom is -0.443 e. The van der Waals surface area contributed by atoms with Crippen molar-refractivity contribution in [1.82, 2.24) is 18.9 Å². The van der Waals surface area contributed by atoms with Gasteiger partial charge in [0.15, 0.2) is 0 Å². The van der Waals surface area contributed by atoms with E-state index in [0.29, 0.717) is 28.2 Å². The molecule has 0 saturated carbocycles. The van der Waals surface area contributed by atoms with Crippen LogP contribution in [-0.4, -0.2) is 18.9 Å². The highest BCUT2D eigenvalue weighted by Gasteiger charge is 2.14. The topological polar surface area (TPSA) is 82.4 Å². The molecule has 0 spiro atoms. The molecular weight excluding hydrogens is 308 g/mol. The van der Waals surface area contributed by atoms with Gasteiger partial charge >= 0.3 is 0 Å². The van der Waals surface area contributed by atoms with Gasteiger partial charge in [-0.15, -0.1) is 0 Å². The number of nitrogens with zero attached hydrogens (tertiary/aromatic N) is 4. The third kappa shape index (κ3) is 2.13. The van der Waals surface area contributed by atoms with Crippen LogP contribution in [0.15, 0.2) is 50.8 Å². The Morgan fingerprint density at radius 1 is 1.21 bits per heavy atom. The molecule has 4 heterocycles. The van der Waals surface area contributed by atoms with Gasteiger partial charge < -0.3 is 4.42 Å². The molecule has 0 bridgehead atoms. The lowest BCUT2D eigenvalue weighted by atomic mass is 10.2. The Kier molecular flexibility index (Phi) is 3.09. The van der Waals surface area contributed by atoms with Gasteiger partial charge in [0, 0.05) is 17.8 Å². The minimum absolute atomic E-state index is 0.173. The van der Waals surface area contributed by atoms with Crippen molar-refractivity contribution >= 4 is 16.7 Å². The van der Waals surface area contributed by atoms with Crippen molar-refractivity contribution in [3.63, 3.8) is 0 Å². The van der Waals surface area contributed by atoms with E-state index in [1.54, 1.807) is 25.3 Å². The van der Waals surface area contributed by atoms with Crippen LogP contribution in [0.3, 0.4) is 0 Å². The summed E-state index contributed by atoms with van der Waals surface area (Å²) in [7, 11) is 0. The average Bonchev–Trinajstić information content (AvgIpc) is 2.86. The van der Waals surface area contributed by atoms with Gasteiger partial charge in [0.1, 0.15) is 23.1 Å². The molecule has 0 fully saturated rings. The van der Waals surface area contributed by atoms with Gasteiger partial charge in [-0.25, -0.2) is 9.97 Å². The summed E-state index contributed by atoms with van der Waals surface area (Å²) in [6.45, 7) is 3.80. The summed E-state index contributed by atoms with van der Waals surface area (Å²) in [6, 6.07) is 6.75. The van der Waals surface area contributed by atoms with Gasteiger partial charge in [0.2, 0.25) is 5.71 Å². The van der Waals surface area contributed by atoms with E-state index in [4.69, 9.17) is 4.42 Å². The van der Waals surface area contributed by atoms with Crippen LogP contribution < -0.4 is 11.1 Å². The first-order valence-electron chi connectivity index (χ1n) is 7.47. The molecular formula is C17H14N4O3. The normalized spacial score (nSPS) is 11.4. The first-order chi connectivity index (χ1) is 11.5. The lowest BCUT2D eigenvalue weighted by Gasteiger charge is -2.06. The van der Waals surface area contributed by atoms with Crippen molar-refractivity contribution in [3.8, 4) is 0 Å². The molecule has 7 nitrogen and oxygen atoms in total. The Labute approximate surface area is 135 Å². The van der Waals surface area contributed by atoms with Crippen molar-refractivity contribution in [2.24, 2.45) is 0 Å². The summed E-state index contributed by atoms with van der Waals surface area (Å²) in [6.07, 6.45) is 3.08. The fourth-order valence-corrected chi connectivity index (χ4v) is 2.74. The summed E-state index contributed by atoms with van der Waals surface area (Å²) >= 11 is 0. The predicted octanol–water partition coefficient (Wildman–Crippen LogP) is 1.66. The fourth-order valence-electron chi connectivity index (χ4n) is 2.74. The number of pyridine rings is 1. The molecule has 0 N–H and O–H groups in total. The second-order valence-corrected chi connectivity index (χ2v) is 5.66. The van der Waals surface area contributed by atoms with E-state index in [9.17, 15) is 9.59 Å². The van der Waals surface area contributed by atoms with Gasteiger partial charge in [-0.2, -0.15) is 0 Å². The molecule has 4 aromatic heterocycles. The lowest BCUT2D eigenvalue weighted by Crippen LogP contribution is -2.23. The zero-order valence-corrected chi connectivity index (χ0v) is 13.2. The Morgan fingerprint density at radius 2 is 2.04 bits per heavy atom. The number of hydrogen-bond donors (Lipinski definition) is 0. The van der Waals surface area contributed by atoms with Crippen LogP contribution in [0.5, 0.6) is 0 Å². The number of hydrogen-bond acceptors (Lipinski definition) is 5. The maximum absolute atomic E-state index is 12.7. The van der Waals surface area contributed by atoms with Gasteiger partial charge in [-0.3, -0.25) is 18.6 Å². The summed E-state index contributed by atoms with van der Waals surface area (Å²) in [5.41, 5.74) is 1.77. The number of rotatable bonds is 2. The van der Waals surface area contributed by atoms with Crippen molar-refractivity contribution in [2.75, 3.05) is 0 Å². The molecule has 0 saturated heterocycles. The Bertz CT molecular complexity index is 1200. The molecule has 120 valence electrons. The Hall–Kier alpha value is -3.22. The Morgan fingerprint density at radius 3 is 2.88 bits per heavy atom. The van der Waals surface area contributed by atoms with Crippen LogP contribution in [-0.2, 0) is 6.54 Å². The van der Waals surface area contributed by atoms with Crippen molar-refractivity contribution in [3.05, 3.63) is 74.5 Å². The third-order valence-corrected chi connectivity index (χ3v) is 4.11. The second-order valence-electron chi connectivity index (χ2n) is 5.66. The molecule has 0 unspecified atom stereocenters. The molecule has 0 aliphatic rings. The second kappa shape index (κ2) is 5.16. The average molecular weight is 322 g/mol. The van der Waals surface area contributed by atoms with E-state index < -0.39 is 0 Å². The zero-order valence-electron chi connectivity index (χ0n) is 13.2. The van der Waals surface area contributed by atoms with Gasteiger partial charge in [0.05, 0.1) is 12.2 Å². The van der Waals surface area contributed by atoms with Crippen LogP contribution in [0.25, 0.3) is 16.7 Å². The quantitative estimate of drug-likeness (QED) is 0.560. The molecule has 0 aliphatic carbocycles. The van der Waals surface area contributed by atoms with E-state index in [1.165, 1.54) is 21.4 Å². The fraction of sp³-hybridized carbons (Fsp3) is 0.176. The third-order valence-electron chi connectivity index (χ3n) is 4.11. The van der Waals surface area contributed by atoms with E-state index >= 15 is 0 Å². The van der Waals surface area contributed by atoms with Crippen LogP contribution >= 0.6 is 0 Å². The molecule has 4 aromatic rings. The van der Waals surface area contributed by atoms with Gasteiger partial charge in [0.25, 0.3) is 11.1 Å². The number of fused-ring (bicyclic) bond motifs is 2. The highest BCUT2D eigenvalue weighted by molar-refractivity contribution is 5.77. The molecule has 0 aliphatic heterocycles. The van der Waals surface area contributed by atoms with Crippen LogP contribution in [0.2, 0.25) is 0 Å². The van der Waals surface area contributed by atoms with E-state index in [0.717, 1.165) is 5.56 Å². The molecule has 0 atom stereocenters. The van der Waals surface area contributed by atoms with Gasteiger partial charge in [-0.05, 0) is 26.0 Å². The molecule has 0 radical (unpaired) electrons. The molecule has 0 aromatic carbocycles. The molecule has 4 rings (SSSR count). The van der Waals surface area contributed by atoms with Crippen molar-refractivity contribution in [1.29, 1.82) is 0 Å².